The second-order valence-electron chi connectivity index (χ2n) is 5.78. The van der Waals surface area contributed by atoms with Crippen molar-refractivity contribution in [3.8, 4) is 0 Å². The maximum Gasteiger partial charge on any atom is 0.310 e. The fraction of sp³-hybridized carbons (Fsp3) is 0.733. The average Bonchev–Trinajstić information content (AvgIpc) is 2.92. The number of nitrogens with zero attached hydrogens (tertiary/aromatic N) is 3. The van der Waals surface area contributed by atoms with Crippen molar-refractivity contribution < 1.29 is 14.6 Å². The number of carbonyl (C=O) groups is 1. The van der Waals surface area contributed by atoms with Gasteiger partial charge in [-0.3, -0.25) is 9.69 Å². The lowest BCUT2D eigenvalue weighted by molar-refractivity contribution is -0.153. The summed E-state index contributed by atoms with van der Waals surface area (Å²) in [5, 5.41) is 9.54. The first kappa shape index (κ1) is 16.0. The Balaban J connectivity index is 2.03. The third kappa shape index (κ3) is 3.63. The molecule has 1 aliphatic heterocycles. The highest BCUT2D eigenvalue weighted by molar-refractivity contribution is 5.75. The number of hydrogen-bond acceptors (Lipinski definition) is 4. The van der Waals surface area contributed by atoms with Gasteiger partial charge in [0.05, 0.1) is 18.6 Å². The lowest BCUT2D eigenvalue weighted by Crippen LogP contribution is -2.47. The van der Waals surface area contributed by atoms with Gasteiger partial charge in [0, 0.05) is 32.6 Å². The first-order chi connectivity index (χ1) is 10.1. The normalized spacial score (nSPS) is 23.3. The molecular weight excluding hydrogens is 270 g/mol. The summed E-state index contributed by atoms with van der Waals surface area (Å²) in [6.07, 6.45) is 6.12. The van der Waals surface area contributed by atoms with E-state index in [1.54, 1.807) is 13.3 Å². The Morgan fingerprint density at radius 1 is 1.57 bits per heavy atom. The molecule has 0 radical (unpaired) electrons. The average molecular weight is 295 g/mol. The van der Waals surface area contributed by atoms with Gasteiger partial charge in [-0.1, -0.05) is 6.92 Å². The Labute approximate surface area is 125 Å². The first-order valence-electron chi connectivity index (χ1n) is 7.56. The molecule has 21 heavy (non-hydrogen) atoms. The Bertz CT molecular complexity index is 474. The van der Waals surface area contributed by atoms with Crippen molar-refractivity contribution in [3.63, 3.8) is 0 Å². The minimum Gasteiger partial charge on any atom is -0.481 e. The van der Waals surface area contributed by atoms with Crippen molar-refractivity contribution >= 4 is 5.97 Å². The number of hydrogen-bond donors (Lipinski definition) is 1. The van der Waals surface area contributed by atoms with Crippen LogP contribution in [0.5, 0.6) is 0 Å². The monoisotopic (exact) mass is 295 g/mol. The number of ether oxygens (including phenoxy) is 1. The van der Waals surface area contributed by atoms with Crippen molar-refractivity contribution in [3.05, 3.63) is 18.2 Å². The Kier molecular flexibility index (Phi) is 5.36. The zero-order chi connectivity index (χ0) is 15.3. The van der Waals surface area contributed by atoms with E-state index in [-0.39, 0.29) is 0 Å². The van der Waals surface area contributed by atoms with Gasteiger partial charge in [-0.2, -0.15) is 0 Å². The number of methoxy groups -OCH3 is 1. The van der Waals surface area contributed by atoms with E-state index in [0.29, 0.717) is 26.1 Å². The second kappa shape index (κ2) is 7.04. The summed E-state index contributed by atoms with van der Waals surface area (Å²) in [5.41, 5.74) is -0.595. The van der Waals surface area contributed by atoms with Gasteiger partial charge in [0.2, 0.25) is 0 Å². The fourth-order valence-electron chi connectivity index (χ4n) is 3.06. The SMILES string of the molecule is CCC1(C(=O)O)CCCN(Cc2nccn2CCOC)C1. The number of aromatic nitrogens is 2. The maximum atomic E-state index is 11.6. The van der Waals surface area contributed by atoms with E-state index in [9.17, 15) is 9.90 Å². The molecule has 1 saturated heterocycles. The van der Waals surface area contributed by atoms with Crippen molar-refractivity contribution in [2.24, 2.45) is 5.41 Å². The van der Waals surface area contributed by atoms with Crippen LogP contribution in [0.1, 0.15) is 32.0 Å². The van der Waals surface area contributed by atoms with Crippen molar-refractivity contribution in [2.45, 2.75) is 39.3 Å². The third-order valence-electron chi connectivity index (χ3n) is 4.49. The molecule has 0 amide bonds. The van der Waals surface area contributed by atoms with Gasteiger partial charge in [-0.25, -0.2) is 4.98 Å². The number of rotatable bonds is 7. The van der Waals surface area contributed by atoms with E-state index in [1.165, 1.54) is 0 Å². The predicted molar refractivity (Wildman–Crippen MR) is 79.0 cm³/mol. The molecule has 1 fully saturated rings. The van der Waals surface area contributed by atoms with E-state index in [0.717, 1.165) is 31.8 Å². The lowest BCUT2D eigenvalue weighted by atomic mass is 9.77. The topological polar surface area (TPSA) is 67.6 Å². The summed E-state index contributed by atoms with van der Waals surface area (Å²) in [5.74, 6) is 0.307. The summed E-state index contributed by atoms with van der Waals surface area (Å²) in [4.78, 5) is 18.2. The smallest absolute Gasteiger partial charge is 0.310 e. The first-order valence-corrected chi connectivity index (χ1v) is 7.56. The zero-order valence-electron chi connectivity index (χ0n) is 12.9. The van der Waals surface area contributed by atoms with Gasteiger partial charge in [0.15, 0.2) is 0 Å². The molecule has 0 spiro atoms. The van der Waals surface area contributed by atoms with Gasteiger partial charge >= 0.3 is 5.97 Å². The van der Waals surface area contributed by atoms with E-state index >= 15 is 0 Å². The van der Waals surface area contributed by atoms with Gasteiger partial charge in [0.1, 0.15) is 5.82 Å². The maximum absolute atomic E-state index is 11.6. The van der Waals surface area contributed by atoms with E-state index < -0.39 is 11.4 Å². The van der Waals surface area contributed by atoms with E-state index in [1.807, 2.05) is 13.1 Å². The number of piperidine rings is 1. The lowest BCUT2D eigenvalue weighted by Gasteiger charge is -2.39. The van der Waals surface area contributed by atoms with Crippen molar-refractivity contribution in [1.29, 1.82) is 0 Å². The molecule has 2 rings (SSSR count). The fourth-order valence-corrected chi connectivity index (χ4v) is 3.06. The highest BCUT2D eigenvalue weighted by Gasteiger charge is 2.40. The highest BCUT2D eigenvalue weighted by atomic mass is 16.5. The molecule has 0 bridgehead atoms. The molecule has 6 nitrogen and oxygen atoms in total. The van der Waals surface area contributed by atoms with Crippen LogP contribution in [0.25, 0.3) is 0 Å². The zero-order valence-corrected chi connectivity index (χ0v) is 12.9. The van der Waals surface area contributed by atoms with Crippen LogP contribution >= 0.6 is 0 Å². The van der Waals surface area contributed by atoms with Gasteiger partial charge in [0.25, 0.3) is 0 Å². The minimum atomic E-state index is -0.669. The van der Waals surface area contributed by atoms with Crippen LogP contribution in [-0.2, 0) is 22.6 Å². The Hall–Kier alpha value is -1.40. The van der Waals surface area contributed by atoms with Crippen LogP contribution in [-0.4, -0.2) is 52.3 Å². The Morgan fingerprint density at radius 3 is 3.05 bits per heavy atom. The molecule has 0 aliphatic carbocycles. The molecule has 6 heteroatoms. The molecule has 118 valence electrons. The minimum absolute atomic E-state index is 0.595. The van der Waals surface area contributed by atoms with Gasteiger partial charge in [-0.15, -0.1) is 0 Å². The molecule has 0 aromatic carbocycles. The number of aliphatic carboxylic acids is 1. The van der Waals surface area contributed by atoms with Gasteiger partial charge in [-0.05, 0) is 25.8 Å². The number of carboxylic acid groups (broad SMARTS) is 1. The van der Waals surface area contributed by atoms with Crippen LogP contribution in [0.2, 0.25) is 0 Å². The van der Waals surface area contributed by atoms with Crippen molar-refractivity contribution in [1.82, 2.24) is 14.5 Å². The predicted octanol–water partition coefficient (Wildman–Crippen LogP) is 1.61. The van der Waals surface area contributed by atoms with Crippen LogP contribution in [0.15, 0.2) is 12.4 Å². The molecule has 1 unspecified atom stereocenters. The van der Waals surface area contributed by atoms with Gasteiger partial charge < -0.3 is 14.4 Å². The third-order valence-corrected chi connectivity index (χ3v) is 4.49. The van der Waals surface area contributed by atoms with Crippen LogP contribution < -0.4 is 0 Å². The Morgan fingerprint density at radius 2 is 2.38 bits per heavy atom. The van der Waals surface area contributed by atoms with Crippen LogP contribution in [0.3, 0.4) is 0 Å². The second-order valence-corrected chi connectivity index (χ2v) is 5.78. The molecule has 1 aromatic heterocycles. The highest BCUT2D eigenvalue weighted by Crippen LogP contribution is 2.34. The molecule has 1 N–H and O–H groups in total. The van der Waals surface area contributed by atoms with Crippen LogP contribution in [0.4, 0.5) is 0 Å². The molecular formula is C15H25N3O3. The number of imidazole rings is 1. The number of likely N-dealkylation sites (tertiary alicyclic amines) is 1. The summed E-state index contributed by atoms with van der Waals surface area (Å²) in [7, 11) is 1.68. The molecule has 1 aliphatic rings. The summed E-state index contributed by atoms with van der Waals surface area (Å²) in [6.45, 7) is 5.64. The summed E-state index contributed by atoms with van der Waals surface area (Å²) >= 11 is 0. The molecule has 0 saturated carbocycles. The van der Waals surface area contributed by atoms with Crippen molar-refractivity contribution in [2.75, 3.05) is 26.8 Å². The van der Waals surface area contributed by atoms with Crippen LogP contribution in [0, 0.1) is 5.41 Å². The molecule has 2 heterocycles. The summed E-state index contributed by atoms with van der Waals surface area (Å²) in [6, 6.07) is 0. The summed E-state index contributed by atoms with van der Waals surface area (Å²) < 4.78 is 7.18. The molecule has 1 atom stereocenters. The van der Waals surface area contributed by atoms with E-state index in [4.69, 9.17) is 4.74 Å². The standard InChI is InChI=1S/C15H25N3O3/c1-3-15(14(19)20)5-4-7-17(12-15)11-13-16-6-8-18(13)9-10-21-2/h6,8H,3-5,7,9-12H2,1-2H3,(H,19,20). The number of carboxylic acids is 1. The largest absolute Gasteiger partial charge is 0.481 e. The molecule has 1 aromatic rings. The van der Waals surface area contributed by atoms with E-state index in [2.05, 4.69) is 14.5 Å². The quantitative estimate of drug-likeness (QED) is 0.827.